The van der Waals surface area contributed by atoms with E-state index in [4.69, 9.17) is 4.98 Å². The molecule has 0 aliphatic carbocycles. The number of hydrogen-bond acceptors (Lipinski definition) is 5. The number of benzene rings is 4. The molecule has 0 bridgehead atoms. The molecule has 1 N–H and O–H groups in total. The fourth-order valence-electron chi connectivity index (χ4n) is 3.99. The van der Waals surface area contributed by atoms with Gasteiger partial charge in [-0.1, -0.05) is 78.1 Å². The highest BCUT2D eigenvalue weighted by Crippen LogP contribution is 2.33. The van der Waals surface area contributed by atoms with Crippen molar-refractivity contribution in [2.45, 2.75) is 28.8 Å². The first-order valence-corrected chi connectivity index (χ1v) is 13.6. The first kappa shape index (κ1) is 24.9. The maximum atomic E-state index is 13.6. The minimum Gasteiger partial charge on any atom is -0.324 e. The van der Waals surface area contributed by atoms with Gasteiger partial charge >= 0.3 is 0 Å². The molecule has 0 saturated carbocycles. The maximum Gasteiger partial charge on any atom is 0.266 e. The number of carbonyl (C=O) groups is 1. The van der Waals surface area contributed by atoms with E-state index in [0.717, 1.165) is 32.3 Å². The molecule has 1 heterocycles. The third kappa shape index (κ3) is 5.48. The monoisotopic (exact) mass is 523 g/mol. The van der Waals surface area contributed by atoms with Crippen LogP contribution < -0.4 is 10.9 Å². The zero-order valence-corrected chi connectivity index (χ0v) is 22.1. The first-order chi connectivity index (χ1) is 18.0. The molecule has 0 saturated heterocycles. The zero-order valence-electron chi connectivity index (χ0n) is 20.5. The molecule has 1 aromatic heterocycles. The molecule has 5 rings (SSSR count). The lowest BCUT2D eigenvalue weighted by atomic mass is 10.1. The van der Waals surface area contributed by atoms with E-state index >= 15 is 0 Å². The molecule has 0 aliphatic heterocycles. The summed E-state index contributed by atoms with van der Waals surface area (Å²) in [7, 11) is 0. The van der Waals surface area contributed by atoms with Crippen molar-refractivity contribution in [3.8, 4) is 5.69 Å². The summed E-state index contributed by atoms with van der Waals surface area (Å²) in [5.41, 5.74) is 4.07. The van der Waals surface area contributed by atoms with Gasteiger partial charge in [0.25, 0.3) is 5.56 Å². The normalized spacial score (nSPS) is 11.0. The largest absolute Gasteiger partial charge is 0.324 e. The summed E-state index contributed by atoms with van der Waals surface area (Å²) >= 11 is 2.85. The number of anilines is 1. The number of aromatic nitrogens is 2. The summed E-state index contributed by atoms with van der Waals surface area (Å²) in [4.78, 5) is 33.5. The van der Waals surface area contributed by atoms with E-state index in [2.05, 4.69) is 5.32 Å². The summed E-state index contributed by atoms with van der Waals surface area (Å²) in [5.74, 6) is -0.0546. The fraction of sp³-hybridized carbons (Fsp3) is 0.100. The van der Waals surface area contributed by atoms with Crippen LogP contribution >= 0.6 is 23.5 Å². The van der Waals surface area contributed by atoms with Crippen LogP contribution in [0.25, 0.3) is 16.6 Å². The Morgan fingerprint density at radius 1 is 0.865 bits per heavy atom. The van der Waals surface area contributed by atoms with Crippen molar-refractivity contribution in [3.05, 3.63) is 119 Å². The highest BCUT2D eigenvalue weighted by atomic mass is 32.2. The molecule has 4 aromatic carbocycles. The van der Waals surface area contributed by atoms with E-state index in [-0.39, 0.29) is 17.2 Å². The second-order valence-corrected chi connectivity index (χ2v) is 10.6. The van der Waals surface area contributed by atoms with Crippen LogP contribution in [0.4, 0.5) is 5.69 Å². The van der Waals surface area contributed by atoms with E-state index in [1.807, 2.05) is 105 Å². The SMILES string of the molecule is Cc1cccc(-n2c(SCC(=O)Nc3ccccc3Sc3ccccc3)nc3ccccc3c2=O)c1C. The molecule has 0 radical (unpaired) electrons. The van der Waals surface area contributed by atoms with Crippen LogP contribution in [-0.4, -0.2) is 21.2 Å². The smallest absolute Gasteiger partial charge is 0.266 e. The second-order valence-electron chi connectivity index (χ2n) is 8.52. The Labute approximate surface area is 224 Å². The predicted molar refractivity (Wildman–Crippen MR) is 153 cm³/mol. The van der Waals surface area contributed by atoms with Crippen molar-refractivity contribution in [1.82, 2.24) is 9.55 Å². The summed E-state index contributed by atoms with van der Waals surface area (Å²) in [6.45, 7) is 4.01. The fourth-order valence-corrected chi connectivity index (χ4v) is 5.72. The molecule has 37 heavy (non-hydrogen) atoms. The number of fused-ring (bicyclic) bond motifs is 1. The van der Waals surface area contributed by atoms with Crippen molar-refractivity contribution in [3.63, 3.8) is 0 Å². The Balaban J connectivity index is 1.43. The van der Waals surface area contributed by atoms with Gasteiger partial charge in [-0.25, -0.2) is 4.98 Å². The molecule has 184 valence electrons. The van der Waals surface area contributed by atoms with Gasteiger partial charge in [-0.3, -0.25) is 14.2 Å². The topological polar surface area (TPSA) is 64.0 Å². The summed E-state index contributed by atoms with van der Waals surface area (Å²) in [5, 5.41) is 4.07. The molecule has 0 aliphatic rings. The zero-order chi connectivity index (χ0) is 25.8. The summed E-state index contributed by atoms with van der Waals surface area (Å²) < 4.78 is 1.63. The molecule has 0 fully saturated rings. The molecule has 1 amide bonds. The van der Waals surface area contributed by atoms with E-state index in [1.165, 1.54) is 11.8 Å². The van der Waals surface area contributed by atoms with Crippen LogP contribution in [0.1, 0.15) is 11.1 Å². The van der Waals surface area contributed by atoms with Gasteiger partial charge in [0.2, 0.25) is 5.91 Å². The van der Waals surface area contributed by atoms with Gasteiger partial charge in [0.15, 0.2) is 5.16 Å². The van der Waals surface area contributed by atoms with E-state index in [1.54, 1.807) is 22.4 Å². The lowest BCUT2D eigenvalue weighted by Crippen LogP contribution is -2.23. The number of rotatable bonds is 7. The minimum atomic E-state index is -0.166. The van der Waals surface area contributed by atoms with Crippen molar-refractivity contribution in [1.29, 1.82) is 0 Å². The third-order valence-corrected chi connectivity index (χ3v) is 8.05. The van der Waals surface area contributed by atoms with Gasteiger partial charge < -0.3 is 5.32 Å². The van der Waals surface area contributed by atoms with Gasteiger partial charge in [0.1, 0.15) is 0 Å². The average molecular weight is 524 g/mol. The van der Waals surface area contributed by atoms with Gasteiger partial charge in [0, 0.05) is 9.79 Å². The van der Waals surface area contributed by atoms with Crippen LogP contribution in [0, 0.1) is 13.8 Å². The van der Waals surface area contributed by atoms with E-state index in [9.17, 15) is 9.59 Å². The van der Waals surface area contributed by atoms with Crippen molar-refractivity contribution < 1.29 is 4.79 Å². The number of nitrogens with zero attached hydrogens (tertiary/aromatic N) is 2. The van der Waals surface area contributed by atoms with E-state index in [0.29, 0.717) is 16.1 Å². The Morgan fingerprint density at radius 2 is 1.59 bits per heavy atom. The molecule has 5 nitrogen and oxygen atoms in total. The molecule has 0 spiro atoms. The van der Waals surface area contributed by atoms with Crippen LogP contribution in [-0.2, 0) is 4.79 Å². The molecule has 5 aromatic rings. The molecule has 0 unspecified atom stereocenters. The van der Waals surface area contributed by atoms with Crippen LogP contribution in [0.3, 0.4) is 0 Å². The maximum absolute atomic E-state index is 13.6. The average Bonchev–Trinajstić information content (AvgIpc) is 2.91. The highest BCUT2D eigenvalue weighted by Gasteiger charge is 2.17. The number of hydrogen-bond donors (Lipinski definition) is 1. The van der Waals surface area contributed by atoms with Gasteiger partial charge in [-0.05, 0) is 67.4 Å². The van der Waals surface area contributed by atoms with Crippen molar-refractivity contribution in [2.24, 2.45) is 0 Å². The van der Waals surface area contributed by atoms with Crippen LogP contribution in [0.5, 0.6) is 0 Å². The Morgan fingerprint density at radius 3 is 2.43 bits per heavy atom. The summed E-state index contributed by atoms with van der Waals surface area (Å²) in [6, 6.07) is 31.0. The highest BCUT2D eigenvalue weighted by molar-refractivity contribution is 8.00. The second kappa shape index (κ2) is 11.1. The predicted octanol–water partition coefficient (Wildman–Crippen LogP) is 6.88. The van der Waals surface area contributed by atoms with Gasteiger partial charge in [-0.2, -0.15) is 0 Å². The lowest BCUT2D eigenvalue weighted by molar-refractivity contribution is -0.113. The first-order valence-electron chi connectivity index (χ1n) is 11.8. The summed E-state index contributed by atoms with van der Waals surface area (Å²) in [6.07, 6.45) is 0. The molecule has 7 heteroatoms. The van der Waals surface area contributed by atoms with Gasteiger partial charge in [0.05, 0.1) is 28.0 Å². The van der Waals surface area contributed by atoms with Crippen molar-refractivity contribution in [2.75, 3.05) is 11.1 Å². The Kier molecular flexibility index (Phi) is 7.44. The lowest BCUT2D eigenvalue weighted by Gasteiger charge is -2.16. The standard InChI is InChI=1S/C30H25N3O2S2/c1-20-11-10-17-26(21(20)2)33-29(35)23-14-6-7-15-24(23)32-30(33)36-19-28(34)31-25-16-8-9-18-27(25)37-22-12-4-3-5-13-22/h3-18H,19H2,1-2H3,(H,31,34). The Hall–Kier alpha value is -3.81. The van der Waals surface area contributed by atoms with E-state index < -0.39 is 0 Å². The minimum absolute atomic E-state index is 0.111. The van der Waals surface area contributed by atoms with Crippen molar-refractivity contribution >= 4 is 46.0 Å². The number of carbonyl (C=O) groups excluding carboxylic acids is 1. The molecular formula is C30H25N3O2S2. The van der Waals surface area contributed by atoms with Crippen LogP contribution in [0.15, 0.2) is 117 Å². The third-order valence-electron chi connectivity index (χ3n) is 6.03. The van der Waals surface area contributed by atoms with Crippen LogP contribution in [0.2, 0.25) is 0 Å². The Bertz CT molecular complexity index is 1650. The number of nitrogens with one attached hydrogen (secondary N) is 1. The van der Waals surface area contributed by atoms with Gasteiger partial charge in [-0.15, -0.1) is 0 Å². The molecule has 0 atom stereocenters. The number of para-hydroxylation sites is 2. The number of thioether (sulfide) groups is 1. The number of amides is 1. The number of aryl methyl sites for hydroxylation is 1. The quantitative estimate of drug-likeness (QED) is 0.186. The molecular weight excluding hydrogens is 498 g/mol.